The van der Waals surface area contributed by atoms with Gasteiger partial charge in [-0.25, -0.2) is 0 Å². The average Bonchev–Trinajstić information content (AvgIpc) is 3.49. The van der Waals surface area contributed by atoms with Gasteiger partial charge in [0, 0.05) is 27.7 Å². The number of fused-ring (bicyclic) bond motifs is 5. The van der Waals surface area contributed by atoms with Gasteiger partial charge in [-0.1, -0.05) is 121 Å². The van der Waals surface area contributed by atoms with Crippen LogP contribution in [0, 0.1) is 0 Å². The number of furan rings is 1. The normalized spacial score (nSPS) is 11.5. The fraction of sp³-hybridized carbons (Fsp3) is 0. The summed E-state index contributed by atoms with van der Waals surface area (Å²) in [4.78, 5) is 2.38. The van der Waals surface area contributed by atoms with Crippen molar-refractivity contribution in [2.24, 2.45) is 0 Å². The number of benzene rings is 8. The molecule has 0 bridgehead atoms. The fourth-order valence-electron chi connectivity index (χ4n) is 6.73. The predicted molar refractivity (Wildman–Crippen MR) is 194 cm³/mol. The van der Waals surface area contributed by atoms with Crippen LogP contribution in [0.4, 0.5) is 17.1 Å². The molecule has 9 rings (SSSR count). The highest BCUT2D eigenvalue weighted by molar-refractivity contribution is 6.10. The summed E-state index contributed by atoms with van der Waals surface area (Å²) in [5, 5.41) is 7.08. The first-order valence-corrected chi connectivity index (χ1v) is 15.7. The van der Waals surface area contributed by atoms with Crippen molar-refractivity contribution in [1.82, 2.24) is 0 Å². The van der Waals surface area contributed by atoms with Crippen molar-refractivity contribution < 1.29 is 4.42 Å². The van der Waals surface area contributed by atoms with Gasteiger partial charge in [0.25, 0.3) is 0 Å². The summed E-state index contributed by atoms with van der Waals surface area (Å²) in [5.74, 6) is 0. The molecule has 0 aliphatic carbocycles. The lowest BCUT2D eigenvalue weighted by atomic mass is 9.98. The molecule has 1 aromatic heterocycles. The monoisotopic (exact) mass is 587 g/mol. The molecular weight excluding hydrogens is 558 g/mol. The first-order chi connectivity index (χ1) is 22.8. The maximum atomic E-state index is 6.28. The summed E-state index contributed by atoms with van der Waals surface area (Å²) in [6.45, 7) is 0. The van der Waals surface area contributed by atoms with Crippen LogP contribution < -0.4 is 4.90 Å². The molecule has 0 fully saturated rings. The van der Waals surface area contributed by atoms with E-state index in [2.05, 4.69) is 169 Å². The molecule has 0 saturated heterocycles. The van der Waals surface area contributed by atoms with Crippen LogP contribution in [0.15, 0.2) is 180 Å². The van der Waals surface area contributed by atoms with E-state index < -0.39 is 0 Å². The third-order valence-corrected chi connectivity index (χ3v) is 9.02. The summed E-state index contributed by atoms with van der Waals surface area (Å²) < 4.78 is 6.28. The Balaban J connectivity index is 1.23. The Morgan fingerprint density at radius 3 is 1.89 bits per heavy atom. The molecule has 46 heavy (non-hydrogen) atoms. The smallest absolute Gasteiger partial charge is 0.136 e. The average molecular weight is 588 g/mol. The van der Waals surface area contributed by atoms with Crippen LogP contribution >= 0.6 is 0 Å². The maximum Gasteiger partial charge on any atom is 0.136 e. The van der Waals surface area contributed by atoms with Gasteiger partial charge >= 0.3 is 0 Å². The number of hydrogen-bond acceptors (Lipinski definition) is 2. The van der Waals surface area contributed by atoms with Crippen LogP contribution in [0.2, 0.25) is 0 Å². The van der Waals surface area contributed by atoms with Crippen LogP contribution in [0.5, 0.6) is 0 Å². The van der Waals surface area contributed by atoms with Gasteiger partial charge in [0.2, 0.25) is 0 Å². The largest absolute Gasteiger partial charge is 0.456 e. The van der Waals surface area contributed by atoms with Crippen LogP contribution in [-0.2, 0) is 0 Å². The van der Waals surface area contributed by atoms with Crippen LogP contribution in [0.3, 0.4) is 0 Å². The third kappa shape index (κ3) is 4.51. The Morgan fingerprint density at radius 2 is 1.00 bits per heavy atom. The Kier molecular flexibility index (Phi) is 6.17. The van der Waals surface area contributed by atoms with E-state index in [1.807, 2.05) is 12.1 Å². The fourth-order valence-corrected chi connectivity index (χ4v) is 6.73. The summed E-state index contributed by atoms with van der Waals surface area (Å²) in [5.41, 5.74) is 9.88. The van der Waals surface area contributed by atoms with Gasteiger partial charge in [-0.2, -0.15) is 0 Å². The molecule has 0 unspecified atom stereocenters. The van der Waals surface area contributed by atoms with E-state index in [-0.39, 0.29) is 0 Å². The lowest BCUT2D eigenvalue weighted by Crippen LogP contribution is -2.11. The SMILES string of the molecule is c1ccc(-c2ccc(N(c3ccc4cc5c(cc4c3)oc3ccccc35)c3ccccc3-c3ccc4ccccc4c3)cc2)cc1. The minimum Gasteiger partial charge on any atom is -0.456 e. The van der Waals surface area contributed by atoms with E-state index in [9.17, 15) is 0 Å². The maximum absolute atomic E-state index is 6.28. The molecule has 0 aliphatic heterocycles. The molecule has 0 amide bonds. The molecule has 0 spiro atoms. The molecule has 0 radical (unpaired) electrons. The van der Waals surface area contributed by atoms with E-state index in [1.54, 1.807) is 0 Å². The van der Waals surface area contributed by atoms with Crippen molar-refractivity contribution in [2.75, 3.05) is 4.90 Å². The van der Waals surface area contributed by atoms with Crippen molar-refractivity contribution >= 4 is 60.5 Å². The van der Waals surface area contributed by atoms with Gasteiger partial charge < -0.3 is 9.32 Å². The molecule has 0 saturated carbocycles. The Morgan fingerprint density at radius 1 is 0.348 bits per heavy atom. The van der Waals surface area contributed by atoms with Crippen LogP contribution in [-0.4, -0.2) is 0 Å². The van der Waals surface area contributed by atoms with Crippen LogP contribution in [0.25, 0.3) is 65.7 Å². The standard InChI is InChI=1S/C44H29NO/c1-2-10-30(11-3-1)32-20-23-37(24-21-32)45(42-16-8-6-14-39(42)35-19-18-31-12-4-5-13-33(31)26-35)38-25-22-34-28-41-40-15-7-9-17-43(40)46-44(41)29-36(34)27-38/h1-29H. The van der Waals surface area contributed by atoms with Gasteiger partial charge in [0.05, 0.1) is 5.69 Å². The van der Waals surface area contributed by atoms with Crippen molar-refractivity contribution in [3.63, 3.8) is 0 Å². The highest BCUT2D eigenvalue weighted by Crippen LogP contribution is 2.43. The van der Waals surface area contributed by atoms with Crippen molar-refractivity contribution in [1.29, 1.82) is 0 Å². The lowest BCUT2D eigenvalue weighted by molar-refractivity contribution is 0.669. The predicted octanol–water partition coefficient (Wildman–Crippen LogP) is 12.7. The zero-order valence-corrected chi connectivity index (χ0v) is 25.1. The van der Waals surface area contributed by atoms with Crippen LogP contribution in [0.1, 0.15) is 0 Å². The van der Waals surface area contributed by atoms with E-state index >= 15 is 0 Å². The summed E-state index contributed by atoms with van der Waals surface area (Å²) in [7, 11) is 0. The second kappa shape index (κ2) is 10.8. The number of para-hydroxylation sites is 2. The molecule has 0 N–H and O–H groups in total. The Labute approximate surface area is 267 Å². The zero-order chi connectivity index (χ0) is 30.5. The van der Waals surface area contributed by atoms with E-state index in [0.717, 1.165) is 44.4 Å². The zero-order valence-electron chi connectivity index (χ0n) is 25.1. The third-order valence-electron chi connectivity index (χ3n) is 9.02. The minimum atomic E-state index is 0.904. The molecule has 1 heterocycles. The first kappa shape index (κ1) is 26.3. The van der Waals surface area contributed by atoms with Crippen molar-refractivity contribution in [3.8, 4) is 22.3 Å². The Bertz CT molecular complexity index is 2530. The van der Waals surface area contributed by atoms with Gasteiger partial charge in [-0.05, 0) is 92.8 Å². The number of nitrogens with zero attached hydrogens (tertiary/aromatic N) is 1. The van der Waals surface area contributed by atoms with E-state index in [1.165, 1.54) is 38.4 Å². The summed E-state index contributed by atoms with van der Waals surface area (Å²) in [6, 6.07) is 62.9. The number of rotatable bonds is 5. The van der Waals surface area contributed by atoms with Crippen molar-refractivity contribution in [3.05, 3.63) is 176 Å². The molecule has 9 aromatic rings. The van der Waals surface area contributed by atoms with E-state index in [4.69, 9.17) is 4.42 Å². The quantitative estimate of drug-likeness (QED) is 0.199. The first-order valence-electron chi connectivity index (χ1n) is 15.7. The molecular formula is C44H29NO. The van der Waals surface area contributed by atoms with Crippen molar-refractivity contribution in [2.45, 2.75) is 0 Å². The number of anilines is 3. The lowest BCUT2D eigenvalue weighted by Gasteiger charge is -2.28. The van der Waals surface area contributed by atoms with Gasteiger partial charge in [0.15, 0.2) is 0 Å². The van der Waals surface area contributed by atoms with Gasteiger partial charge in [0.1, 0.15) is 11.2 Å². The topological polar surface area (TPSA) is 16.4 Å². The molecule has 2 nitrogen and oxygen atoms in total. The second-order valence-electron chi connectivity index (χ2n) is 11.8. The second-order valence-corrected chi connectivity index (χ2v) is 11.8. The summed E-state index contributed by atoms with van der Waals surface area (Å²) >= 11 is 0. The van der Waals surface area contributed by atoms with Gasteiger partial charge in [-0.15, -0.1) is 0 Å². The van der Waals surface area contributed by atoms with Gasteiger partial charge in [-0.3, -0.25) is 0 Å². The van der Waals surface area contributed by atoms with E-state index in [0.29, 0.717) is 0 Å². The highest BCUT2D eigenvalue weighted by atomic mass is 16.3. The molecule has 8 aromatic carbocycles. The number of hydrogen-bond donors (Lipinski definition) is 0. The summed E-state index contributed by atoms with van der Waals surface area (Å²) in [6.07, 6.45) is 0. The molecule has 2 heteroatoms. The highest BCUT2D eigenvalue weighted by Gasteiger charge is 2.18. The molecule has 216 valence electrons. The Hall–Kier alpha value is -6.12. The molecule has 0 atom stereocenters. The molecule has 0 aliphatic rings. The minimum absolute atomic E-state index is 0.904.